The minimum absolute atomic E-state index is 0.184. The zero-order valence-electron chi connectivity index (χ0n) is 10.5. The molecule has 2 aliphatic rings. The topological polar surface area (TPSA) is 17.1 Å². The summed E-state index contributed by atoms with van der Waals surface area (Å²) < 4.78 is 0. The lowest BCUT2D eigenvalue weighted by Crippen LogP contribution is -2.32. The first-order chi connectivity index (χ1) is 7.60. The Bertz CT molecular complexity index is 339. The van der Waals surface area contributed by atoms with Crippen molar-refractivity contribution in [1.29, 1.82) is 0 Å². The second kappa shape index (κ2) is 4.20. The van der Waals surface area contributed by atoms with Crippen molar-refractivity contribution in [1.82, 2.24) is 0 Å². The van der Waals surface area contributed by atoms with Crippen molar-refractivity contribution in [3.8, 4) is 0 Å². The maximum absolute atomic E-state index is 11.3. The maximum Gasteiger partial charge on any atom is 0.146 e. The summed E-state index contributed by atoms with van der Waals surface area (Å²) in [5, 5.41) is 0. The third-order valence-corrected chi connectivity index (χ3v) is 4.86. The van der Waals surface area contributed by atoms with Gasteiger partial charge >= 0.3 is 0 Å². The van der Waals surface area contributed by atoms with E-state index < -0.39 is 0 Å². The second-order valence-corrected chi connectivity index (χ2v) is 5.70. The first-order valence-electron chi connectivity index (χ1n) is 6.41. The standard InChI is InChI=1S/C15H22O/c1-11(2)13-7-8-15(9-13)12(3)5-4-6-14(15)10-16/h6,10,12-13H,1,4-5,7-9H2,2-3H3. The zero-order valence-corrected chi connectivity index (χ0v) is 10.5. The molecule has 0 aromatic rings. The highest BCUT2D eigenvalue weighted by molar-refractivity contribution is 5.76. The minimum Gasteiger partial charge on any atom is -0.298 e. The molecule has 88 valence electrons. The average Bonchev–Trinajstić information content (AvgIpc) is 2.69. The van der Waals surface area contributed by atoms with Gasteiger partial charge in [0, 0.05) is 5.41 Å². The van der Waals surface area contributed by atoms with Crippen LogP contribution >= 0.6 is 0 Å². The Kier molecular flexibility index (Phi) is 3.05. The smallest absolute Gasteiger partial charge is 0.146 e. The van der Waals surface area contributed by atoms with E-state index in [1.165, 1.54) is 24.8 Å². The molecule has 0 aromatic carbocycles. The van der Waals surface area contributed by atoms with Crippen LogP contribution in [0.1, 0.15) is 46.0 Å². The molecular formula is C15H22O. The highest BCUT2D eigenvalue weighted by Crippen LogP contribution is 2.55. The predicted octanol–water partition coefficient (Wildman–Crippen LogP) is 3.90. The van der Waals surface area contributed by atoms with Gasteiger partial charge in [0.25, 0.3) is 0 Å². The first-order valence-corrected chi connectivity index (χ1v) is 6.41. The van der Waals surface area contributed by atoms with Gasteiger partial charge in [-0.25, -0.2) is 0 Å². The van der Waals surface area contributed by atoms with Crippen LogP contribution in [-0.2, 0) is 4.79 Å². The lowest BCUT2D eigenvalue weighted by Gasteiger charge is -2.39. The van der Waals surface area contributed by atoms with Crippen LogP contribution in [0.4, 0.5) is 0 Å². The molecule has 2 rings (SSSR count). The lowest BCUT2D eigenvalue weighted by molar-refractivity contribution is -0.106. The van der Waals surface area contributed by atoms with Crippen molar-refractivity contribution in [2.24, 2.45) is 17.3 Å². The van der Waals surface area contributed by atoms with Crippen molar-refractivity contribution in [2.75, 3.05) is 0 Å². The van der Waals surface area contributed by atoms with Gasteiger partial charge in [0.2, 0.25) is 0 Å². The van der Waals surface area contributed by atoms with E-state index in [2.05, 4.69) is 26.5 Å². The van der Waals surface area contributed by atoms with Crippen LogP contribution in [0.15, 0.2) is 23.8 Å². The van der Waals surface area contributed by atoms with Gasteiger partial charge in [-0.1, -0.05) is 25.2 Å². The fourth-order valence-corrected chi connectivity index (χ4v) is 3.62. The van der Waals surface area contributed by atoms with Crippen LogP contribution in [0.2, 0.25) is 0 Å². The second-order valence-electron chi connectivity index (χ2n) is 5.70. The fraction of sp³-hybridized carbons (Fsp3) is 0.667. The van der Waals surface area contributed by atoms with E-state index in [0.29, 0.717) is 11.8 Å². The predicted molar refractivity (Wildman–Crippen MR) is 67.1 cm³/mol. The quantitative estimate of drug-likeness (QED) is 0.507. The molecule has 1 fully saturated rings. The molecule has 0 bridgehead atoms. The number of hydrogen-bond donors (Lipinski definition) is 0. The van der Waals surface area contributed by atoms with Gasteiger partial charge in [0.15, 0.2) is 0 Å². The Labute approximate surface area is 98.6 Å². The van der Waals surface area contributed by atoms with Gasteiger partial charge in [0.1, 0.15) is 6.29 Å². The summed E-state index contributed by atoms with van der Waals surface area (Å²) in [5.41, 5.74) is 2.55. The molecule has 1 heteroatoms. The maximum atomic E-state index is 11.3. The molecule has 0 aliphatic heterocycles. The molecule has 3 atom stereocenters. The molecule has 16 heavy (non-hydrogen) atoms. The summed E-state index contributed by atoms with van der Waals surface area (Å²) in [5.74, 6) is 1.28. The van der Waals surface area contributed by atoms with Crippen LogP contribution < -0.4 is 0 Å². The Balaban J connectivity index is 2.29. The van der Waals surface area contributed by atoms with E-state index >= 15 is 0 Å². The van der Waals surface area contributed by atoms with Crippen LogP contribution in [-0.4, -0.2) is 6.29 Å². The van der Waals surface area contributed by atoms with E-state index in [-0.39, 0.29) is 5.41 Å². The molecule has 0 aromatic heterocycles. The molecule has 0 heterocycles. The summed E-state index contributed by atoms with van der Waals surface area (Å²) >= 11 is 0. The van der Waals surface area contributed by atoms with E-state index in [0.717, 1.165) is 24.7 Å². The monoisotopic (exact) mass is 218 g/mol. The van der Waals surface area contributed by atoms with Crippen LogP contribution in [0.25, 0.3) is 0 Å². The highest BCUT2D eigenvalue weighted by atomic mass is 16.1. The largest absolute Gasteiger partial charge is 0.298 e. The molecule has 0 N–H and O–H groups in total. The van der Waals surface area contributed by atoms with Crippen LogP contribution in [0.5, 0.6) is 0 Å². The Hall–Kier alpha value is -0.850. The molecular weight excluding hydrogens is 196 g/mol. The van der Waals surface area contributed by atoms with Crippen molar-refractivity contribution in [3.05, 3.63) is 23.8 Å². The van der Waals surface area contributed by atoms with E-state index in [1.807, 2.05) is 0 Å². The van der Waals surface area contributed by atoms with Gasteiger partial charge in [-0.2, -0.15) is 0 Å². The number of aldehydes is 1. The number of carbonyl (C=O) groups excluding carboxylic acids is 1. The highest BCUT2D eigenvalue weighted by Gasteiger charge is 2.46. The summed E-state index contributed by atoms with van der Waals surface area (Å²) in [6.07, 6.45) is 9.13. The van der Waals surface area contributed by atoms with Crippen molar-refractivity contribution < 1.29 is 4.79 Å². The third-order valence-electron chi connectivity index (χ3n) is 4.86. The minimum atomic E-state index is 0.184. The molecule has 1 spiro atoms. The van der Waals surface area contributed by atoms with Gasteiger partial charge in [0.05, 0.1) is 0 Å². The number of allylic oxidation sites excluding steroid dienone is 3. The molecule has 1 saturated carbocycles. The normalized spacial score (nSPS) is 38.5. The lowest BCUT2D eigenvalue weighted by atomic mass is 9.64. The van der Waals surface area contributed by atoms with E-state index in [1.54, 1.807) is 0 Å². The van der Waals surface area contributed by atoms with Crippen LogP contribution in [0, 0.1) is 17.3 Å². The fourth-order valence-electron chi connectivity index (χ4n) is 3.62. The first kappa shape index (κ1) is 11.6. The third kappa shape index (κ3) is 1.66. The van der Waals surface area contributed by atoms with Gasteiger partial charge in [-0.3, -0.25) is 4.79 Å². The van der Waals surface area contributed by atoms with Crippen molar-refractivity contribution >= 4 is 6.29 Å². The summed E-state index contributed by atoms with van der Waals surface area (Å²) in [6, 6.07) is 0. The number of carbonyl (C=O) groups is 1. The Morgan fingerprint density at radius 2 is 2.31 bits per heavy atom. The summed E-state index contributed by atoms with van der Waals surface area (Å²) in [7, 11) is 0. The zero-order chi connectivity index (χ0) is 11.8. The Morgan fingerprint density at radius 3 is 2.88 bits per heavy atom. The van der Waals surface area contributed by atoms with Crippen LogP contribution in [0.3, 0.4) is 0 Å². The average molecular weight is 218 g/mol. The summed E-state index contributed by atoms with van der Waals surface area (Å²) in [4.78, 5) is 11.3. The van der Waals surface area contributed by atoms with E-state index in [9.17, 15) is 4.79 Å². The number of rotatable bonds is 2. The summed E-state index contributed by atoms with van der Waals surface area (Å²) in [6.45, 7) is 8.53. The van der Waals surface area contributed by atoms with Crippen molar-refractivity contribution in [2.45, 2.75) is 46.0 Å². The molecule has 0 saturated heterocycles. The van der Waals surface area contributed by atoms with E-state index in [4.69, 9.17) is 0 Å². The Morgan fingerprint density at radius 1 is 1.56 bits per heavy atom. The SMILES string of the molecule is C=C(C)C1CCC2(C1)C(C=O)=CCCC2C. The molecule has 2 aliphatic carbocycles. The molecule has 1 nitrogen and oxygen atoms in total. The van der Waals surface area contributed by atoms with Gasteiger partial charge < -0.3 is 0 Å². The molecule has 0 amide bonds. The van der Waals surface area contributed by atoms with Gasteiger partial charge in [-0.15, -0.1) is 0 Å². The number of hydrogen-bond acceptors (Lipinski definition) is 1. The molecule has 0 radical (unpaired) electrons. The van der Waals surface area contributed by atoms with Gasteiger partial charge in [-0.05, 0) is 56.4 Å². The van der Waals surface area contributed by atoms with Crippen molar-refractivity contribution in [3.63, 3.8) is 0 Å². The molecule has 3 unspecified atom stereocenters.